The lowest BCUT2D eigenvalue weighted by Crippen LogP contribution is -2.39. The van der Waals surface area contributed by atoms with Crippen LogP contribution in [0.5, 0.6) is 0 Å². The maximum Gasteiger partial charge on any atom is 0.272 e. The van der Waals surface area contributed by atoms with Crippen molar-refractivity contribution in [2.45, 2.75) is 19.5 Å². The first-order valence-corrected chi connectivity index (χ1v) is 10.9. The molecule has 1 aromatic heterocycles. The van der Waals surface area contributed by atoms with Crippen LogP contribution in [0.4, 0.5) is 11.4 Å². The maximum atomic E-state index is 13.9. The molecule has 0 aliphatic carbocycles. The highest BCUT2D eigenvalue weighted by molar-refractivity contribution is 6.21. The number of carbonyl (C=O) groups excluding carboxylic acids is 1. The molecule has 0 unspecified atom stereocenters. The number of para-hydroxylation sites is 1. The van der Waals surface area contributed by atoms with Gasteiger partial charge >= 0.3 is 0 Å². The standard InChI is InChI=1S/C26H21N5O2/c1-15-28-21-10-6-5-9-19(21)25(32)31(15)24-26(33)30-12-11-17-13-18(27)14-20(23(17)30)22(29-24)16-7-3-2-4-8-16/h2-10,13-14,24H,11-12,27H2,1H3/t24-/m0/s1. The Balaban J connectivity index is 1.67. The molecule has 1 amide bonds. The third-order valence-corrected chi connectivity index (χ3v) is 6.36. The van der Waals surface area contributed by atoms with Crippen LogP contribution in [-0.4, -0.2) is 27.7 Å². The summed E-state index contributed by atoms with van der Waals surface area (Å²) in [4.78, 5) is 38.7. The lowest BCUT2D eigenvalue weighted by molar-refractivity contribution is -0.121. The summed E-state index contributed by atoms with van der Waals surface area (Å²) in [5.74, 6) is 0.200. The summed E-state index contributed by atoms with van der Waals surface area (Å²) in [6.45, 7) is 2.26. The van der Waals surface area contributed by atoms with Gasteiger partial charge in [-0.25, -0.2) is 9.98 Å². The number of aryl methyl sites for hydroxylation is 1. The van der Waals surface area contributed by atoms with Crippen LogP contribution >= 0.6 is 0 Å². The predicted molar refractivity (Wildman–Crippen MR) is 129 cm³/mol. The highest BCUT2D eigenvalue weighted by atomic mass is 16.2. The molecule has 7 nitrogen and oxygen atoms in total. The number of aliphatic imine (C=N–C) groups is 1. The maximum absolute atomic E-state index is 13.9. The number of aromatic nitrogens is 2. The average molecular weight is 435 g/mol. The smallest absolute Gasteiger partial charge is 0.272 e. The van der Waals surface area contributed by atoms with Crippen LogP contribution < -0.4 is 16.2 Å². The molecule has 3 heterocycles. The molecule has 0 bridgehead atoms. The Morgan fingerprint density at radius 1 is 1.00 bits per heavy atom. The molecule has 2 aliphatic rings. The number of amides is 1. The quantitative estimate of drug-likeness (QED) is 0.489. The average Bonchev–Trinajstić information content (AvgIpc) is 3.20. The number of fused-ring (bicyclic) bond motifs is 1. The molecule has 7 heteroatoms. The van der Waals surface area contributed by atoms with Crippen molar-refractivity contribution < 1.29 is 4.79 Å². The van der Waals surface area contributed by atoms with Gasteiger partial charge in [-0.2, -0.15) is 0 Å². The minimum atomic E-state index is -1.07. The van der Waals surface area contributed by atoms with Crippen molar-refractivity contribution in [2.24, 2.45) is 4.99 Å². The van der Waals surface area contributed by atoms with Crippen LogP contribution in [0.2, 0.25) is 0 Å². The number of nitrogens with zero attached hydrogens (tertiary/aromatic N) is 4. The number of benzene rings is 3. The van der Waals surface area contributed by atoms with E-state index in [4.69, 9.17) is 10.7 Å². The second-order valence-corrected chi connectivity index (χ2v) is 8.38. The molecule has 1 atom stereocenters. The van der Waals surface area contributed by atoms with E-state index in [2.05, 4.69) is 4.98 Å². The highest BCUT2D eigenvalue weighted by Crippen LogP contribution is 2.39. The second-order valence-electron chi connectivity index (χ2n) is 8.38. The van der Waals surface area contributed by atoms with Gasteiger partial charge in [0, 0.05) is 23.4 Å². The Hall–Kier alpha value is -4.26. The van der Waals surface area contributed by atoms with Crippen molar-refractivity contribution in [1.29, 1.82) is 0 Å². The van der Waals surface area contributed by atoms with Gasteiger partial charge in [-0.1, -0.05) is 42.5 Å². The first-order chi connectivity index (χ1) is 16.0. The van der Waals surface area contributed by atoms with E-state index in [1.54, 1.807) is 30.0 Å². The number of hydrogen-bond acceptors (Lipinski definition) is 5. The van der Waals surface area contributed by atoms with E-state index in [-0.39, 0.29) is 11.5 Å². The lowest BCUT2D eigenvalue weighted by Gasteiger charge is -2.22. The number of nitrogen functional groups attached to an aromatic ring is 1. The summed E-state index contributed by atoms with van der Waals surface area (Å²) in [6, 6.07) is 20.7. The van der Waals surface area contributed by atoms with Gasteiger partial charge in [0.2, 0.25) is 6.17 Å². The molecule has 0 spiro atoms. The minimum Gasteiger partial charge on any atom is -0.399 e. The van der Waals surface area contributed by atoms with E-state index in [9.17, 15) is 9.59 Å². The van der Waals surface area contributed by atoms with E-state index in [1.165, 1.54) is 4.57 Å². The minimum absolute atomic E-state index is 0.243. The number of carbonyl (C=O) groups is 1. The number of anilines is 2. The van der Waals surface area contributed by atoms with Gasteiger partial charge < -0.3 is 10.6 Å². The second kappa shape index (κ2) is 7.13. The van der Waals surface area contributed by atoms with Crippen LogP contribution in [0, 0.1) is 6.92 Å². The summed E-state index contributed by atoms with van der Waals surface area (Å²) in [5, 5.41) is 0.459. The van der Waals surface area contributed by atoms with Crippen LogP contribution in [0.1, 0.15) is 28.7 Å². The Morgan fingerprint density at radius 2 is 1.76 bits per heavy atom. The zero-order valence-corrected chi connectivity index (χ0v) is 18.0. The van der Waals surface area contributed by atoms with E-state index >= 15 is 0 Å². The van der Waals surface area contributed by atoms with E-state index in [1.807, 2.05) is 48.5 Å². The first-order valence-electron chi connectivity index (χ1n) is 10.9. The van der Waals surface area contributed by atoms with Gasteiger partial charge in [-0.3, -0.25) is 14.2 Å². The number of nitrogens with two attached hydrogens (primary N) is 1. The fourth-order valence-electron chi connectivity index (χ4n) is 4.90. The van der Waals surface area contributed by atoms with Crippen molar-refractivity contribution in [3.05, 3.63) is 99.6 Å². The third kappa shape index (κ3) is 2.89. The Morgan fingerprint density at radius 3 is 2.58 bits per heavy atom. The predicted octanol–water partition coefficient (Wildman–Crippen LogP) is 3.23. The highest BCUT2D eigenvalue weighted by Gasteiger charge is 2.38. The van der Waals surface area contributed by atoms with Gasteiger partial charge in [0.05, 0.1) is 22.3 Å². The summed E-state index contributed by atoms with van der Waals surface area (Å²) in [5.41, 5.74) is 11.3. The molecule has 162 valence electrons. The van der Waals surface area contributed by atoms with E-state index in [0.717, 1.165) is 22.4 Å². The molecule has 3 aromatic carbocycles. The fourth-order valence-corrected chi connectivity index (χ4v) is 4.90. The monoisotopic (exact) mass is 435 g/mol. The molecule has 2 N–H and O–H groups in total. The molecular weight excluding hydrogens is 414 g/mol. The largest absolute Gasteiger partial charge is 0.399 e. The zero-order valence-electron chi connectivity index (χ0n) is 18.0. The van der Waals surface area contributed by atoms with Crippen LogP contribution in [-0.2, 0) is 11.2 Å². The lowest BCUT2D eigenvalue weighted by atomic mass is 9.97. The van der Waals surface area contributed by atoms with Crippen LogP contribution in [0.25, 0.3) is 10.9 Å². The van der Waals surface area contributed by atoms with E-state index < -0.39 is 6.17 Å². The Labute approximate surface area is 189 Å². The molecule has 2 aliphatic heterocycles. The van der Waals surface area contributed by atoms with Gasteiger partial charge in [-0.15, -0.1) is 0 Å². The van der Waals surface area contributed by atoms with Gasteiger partial charge in [0.1, 0.15) is 5.82 Å². The van der Waals surface area contributed by atoms with Gasteiger partial charge in [0.25, 0.3) is 11.5 Å². The van der Waals surface area contributed by atoms with Crippen molar-refractivity contribution in [3.8, 4) is 0 Å². The van der Waals surface area contributed by atoms with Crippen molar-refractivity contribution in [3.63, 3.8) is 0 Å². The summed E-state index contributed by atoms with van der Waals surface area (Å²) >= 11 is 0. The van der Waals surface area contributed by atoms with Crippen molar-refractivity contribution in [1.82, 2.24) is 9.55 Å². The zero-order chi connectivity index (χ0) is 22.7. The van der Waals surface area contributed by atoms with Crippen LogP contribution in [0.15, 0.2) is 76.5 Å². The normalized spacial score (nSPS) is 17.1. The first kappa shape index (κ1) is 19.4. The molecule has 0 fully saturated rings. The van der Waals surface area contributed by atoms with Gasteiger partial charge in [0.15, 0.2) is 0 Å². The molecule has 0 saturated heterocycles. The fraction of sp³-hybridized carbons (Fsp3) is 0.154. The Bertz CT molecular complexity index is 1540. The molecule has 6 rings (SSSR count). The van der Waals surface area contributed by atoms with Crippen molar-refractivity contribution in [2.75, 3.05) is 17.2 Å². The SMILES string of the molecule is Cc1nc2ccccc2c(=O)n1[C@@H]1N=C(c2ccccc2)c2cc(N)cc3c2N(CC3)C1=O. The molecular formula is C26H21N5O2. The third-order valence-electron chi connectivity index (χ3n) is 6.36. The number of hydrogen-bond donors (Lipinski definition) is 1. The topological polar surface area (TPSA) is 93.6 Å². The molecule has 33 heavy (non-hydrogen) atoms. The van der Waals surface area contributed by atoms with Crippen molar-refractivity contribution >= 4 is 33.9 Å². The summed E-state index contributed by atoms with van der Waals surface area (Å²) in [6.07, 6.45) is -0.359. The number of rotatable bonds is 2. The van der Waals surface area contributed by atoms with Gasteiger partial charge in [-0.05, 0) is 43.2 Å². The molecule has 0 saturated carbocycles. The molecule has 0 radical (unpaired) electrons. The summed E-state index contributed by atoms with van der Waals surface area (Å²) in [7, 11) is 0. The molecule has 4 aromatic rings. The Kier molecular flexibility index (Phi) is 4.20. The van der Waals surface area contributed by atoms with E-state index in [0.29, 0.717) is 41.1 Å². The summed E-state index contributed by atoms with van der Waals surface area (Å²) < 4.78 is 1.42. The van der Waals surface area contributed by atoms with Crippen LogP contribution in [0.3, 0.4) is 0 Å².